The molecule has 0 N–H and O–H groups in total. The quantitative estimate of drug-likeness (QED) is 0.588. The van der Waals surface area contributed by atoms with E-state index >= 15 is 0 Å². The van der Waals surface area contributed by atoms with Crippen LogP contribution in [0, 0.1) is 0 Å². The van der Waals surface area contributed by atoms with Crippen molar-refractivity contribution in [2.24, 2.45) is 0 Å². The van der Waals surface area contributed by atoms with E-state index in [0.717, 1.165) is 44.5 Å². The average molecular weight is 179 g/mol. The van der Waals surface area contributed by atoms with Crippen LogP contribution >= 0.6 is 0 Å². The maximum Gasteiger partial charge on any atom is 0.251 e. The van der Waals surface area contributed by atoms with E-state index in [9.17, 15) is 4.79 Å². The zero-order valence-electron chi connectivity index (χ0n) is 7.83. The van der Waals surface area contributed by atoms with Crippen LogP contribution in [0.15, 0.2) is 11.8 Å². The first-order chi connectivity index (χ1) is 6.38. The van der Waals surface area contributed by atoms with Crippen molar-refractivity contribution in [3.05, 3.63) is 11.8 Å². The summed E-state index contributed by atoms with van der Waals surface area (Å²) >= 11 is 0. The molecular weight excluding hydrogens is 164 g/mol. The lowest BCUT2D eigenvalue weighted by Gasteiger charge is -2.26. The number of hydrogen-bond donors (Lipinski definition) is 0. The second-order valence-electron chi connectivity index (χ2n) is 3.66. The number of likely N-dealkylation sites (tertiary alicyclic amines) is 1. The molecule has 0 aliphatic carbocycles. The number of nitrogens with zero attached hydrogens (tertiary/aromatic N) is 2. The number of carbonyl (C=O) groups excluding carboxylic acids is 1. The van der Waals surface area contributed by atoms with Crippen LogP contribution in [0.4, 0.5) is 0 Å². The van der Waals surface area contributed by atoms with Crippen LogP contribution < -0.4 is 5.32 Å². The molecule has 3 heteroatoms. The van der Waals surface area contributed by atoms with Gasteiger partial charge in [-0.15, -0.1) is 0 Å². The Morgan fingerprint density at radius 3 is 2.69 bits per heavy atom. The lowest BCUT2D eigenvalue weighted by Crippen LogP contribution is -2.36. The van der Waals surface area contributed by atoms with E-state index in [1.165, 1.54) is 6.42 Å². The minimum Gasteiger partial charge on any atom is -0.339 e. The third kappa shape index (κ3) is 1.85. The van der Waals surface area contributed by atoms with Crippen molar-refractivity contribution >= 4 is 5.91 Å². The Hall–Kier alpha value is -0.990. The topological polar surface area (TPSA) is 34.4 Å². The minimum absolute atomic E-state index is 0.223. The molecular formula is C10H15N2O. The maximum absolute atomic E-state index is 11.8. The van der Waals surface area contributed by atoms with Gasteiger partial charge < -0.3 is 4.90 Å². The standard InChI is InChI=1S/C10H15N2O/c13-10(9-4-5-11-8-9)12-6-2-1-3-7-12/h8H,1-7H2. The van der Waals surface area contributed by atoms with E-state index in [2.05, 4.69) is 5.32 Å². The summed E-state index contributed by atoms with van der Waals surface area (Å²) in [4.78, 5) is 13.8. The SMILES string of the molecule is O=C(C1=C[N]CC1)N1CCCCC1. The van der Waals surface area contributed by atoms with Crippen molar-refractivity contribution in [2.45, 2.75) is 25.7 Å². The molecule has 2 rings (SSSR count). The van der Waals surface area contributed by atoms with Crippen molar-refractivity contribution in [1.82, 2.24) is 10.2 Å². The highest BCUT2D eigenvalue weighted by atomic mass is 16.2. The molecule has 2 aliphatic heterocycles. The molecule has 3 nitrogen and oxygen atoms in total. The molecule has 2 heterocycles. The summed E-state index contributed by atoms with van der Waals surface area (Å²) in [7, 11) is 0. The van der Waals surface area contributed by atoms with Gasteiger partial charge in [0, 0.05) is 31.4 Å². The Morgan fingerprint density at radius 1 is 1.31 bits per heavy atom. The molecule has 0 unspecified atom stereocenters. The Morgan fingerprint density at radius 2 is 2.08 bits per heavy atom. The second kappa shape index (κ2) is 3.81. The van der Waals surface area contributed by atoms with E-state index in [1.54, 1.807) is 6.20 Å². The third-order valence-corrected chi connectivity index (χ3v) is 2.68. The van der Waals surface area contributed by atoms with Gasteiger partial charge in [-0.25, -0.2) is 0 Å². The average Bonchev–Trinajstić information content (AvgIpc) is 2.71. The van der Waals surface area contributed by atoms with Crippen molar-refractivity contribution in [3.8, 4) is 0 Å². The summed E-state index contributed by atoms with van der Waals surface area (Å²) in [5.41, 5.74) is 0.905. The number of rotatable bonds is 1. The Bertz CT molecular complexity index is 229. The zero-order valence-corrected chi connectivity index (χ0v) is 7.83. The monoisotopic (exact) mass is 179 g/mol. The highest BCUT2D eigenvalue weighted by Gasteiger charge is 2.21. The second-order valence-corrected chi connectivity index (χ2v) is 3.66. The summed E-state index contributed by atoms with van der Waals surface area (Å²) < 4.78 is 0. The normalized spacial score (nSPS) is 22.5. The smallest absolute Gasteiger partial charge is 0.251 e. The Kier molecular flexibility index (Phi) is 2.52. The molecule has 1 amide bonds. The van der Waals surface area contributed by atoms with Crippen molar-refractivity contribution < 1.29 is 4.79 Å². The highest BCUT2D eigenvalue weighted by Crippen LogP contribution is 2.15. The fourth-order valence-electron chi connectivity index (χ4n) is 1.89. The first kappa shape index (κ1) is 8.60. The van der Waals surface area contributed by atoms with Gasteiger partial charge in [-0.05, 0) is 25.7 Å². The van der Waals surface area contributed by atoms with Gasteiger partial charge in [0.25, 0.3) is 5.91 Å². The molecule has 0 atom stereocenters. The summed E-state index contributed by atoms with van der Waals surface area (Å²) in [5, 5.41) is 4.07. The highest BCUT2D eigenvalue weighted by molar-refractivity contribution is 5.93. The molecule has 1 saturated heterocycles. The fourth-order valence-corrected chi connectivity index (χ4v) is 1.89. The largest absolute Gasteiger partial charge is 0.339 e. The van der Waals surface area contributed by atoms with Crippen LogP contribution in [0.5, 0.6) is 0 Å². The van der Waals surface area contributed by atoms with Gasteiger partial charge in [0.15, 0.2) is 0 Å². The molecule has 71 valence electrons. The minimum atomic E-state index is 0.223. The number of carbonyl (C=O) groups is 1. The lowest BCUT2D eigenvalue weighted by atomic mass is 10.1. The molecule has 1 fully saturated rings. The van der Waals surface area contributed by atoms with Gasteiger partial charge in [0.2, 0.25) is 0 Å². The van der Waals surface area contributed by atoms with Crippen LogP contribution in [0.2, 0.25) is 0 Å². The molecule has 0 bridgehead atoms. The first-order valence-corrected chi connectivity index (χ1v) is 5.03. The molecule has 2 aliphatic rings. The van der Waals surface area contributed by atoms with Crippen molar-refractivity contribution in [2.75, 3.05) is 19.6 Å². The van der Waals surface area contributed by atoms with E-state index in [0.29, 0.717) is 0 Å². The summed E-state index contributed by atoms with van der Waals surface area (Å²) in [6.45, 7) is 2.68. The van der Waals surface area contributed by atoms with Gasteiger partial charge >= 0.3 is 0 Å². The van der Waals surface area contributed by atoms with Crippen molar-refractivity contribution in [3.63, 3.8) is 0 Å². The molecule has 0 aromatic heterocycles. The lowest BCUT2D eigenvalue weighted by molar-refractivity contribution is -0.128. The van der Waals surface area contributed by atoms with Gasteiger partial charge in [-0.3, -0.25) is 10.1 Å². The molecule has 0 spiro atoms. The molecule has 1 radical (unpaired) electrons. The summed E-state index contributed by atoms with van der Waals surface area (Å²) in [6.07, 6.45) is 6.19. The van der Waals surface area contributed by atoms with Gasteiger partial charge in [-0.2, -0.15) is 0 Å². The fraction of sp³-hybridized carbons (Fsp3) is 0.700. The number of hydrogen-bond acceptors (Lipinski definition) is 1. The summed E-state index contributed by atoms with van der Waals surface area (Å²) in [6, 6.07) is 0. The first-order valence-electron chi connectivity index (χ1n) is 5.03. The predicted octanol–water partition coefficient (Wildman–Crippen LogP) is 0.891. The Labute approximate surface area is 78.8 Å². The number of piperidine rings is 1. The predicted molar refractivity (Wildman–Crippen MR) is 50.1 cm³/mol. The molecule has 0 aromatic rings. The number of amides is 1. The van der Waals surface area contributed by atoms with Gasteiger partial charge in [0.05, 0.1) is 0 Å². The molecule has 13 heavy (non-hydrogen) atoms. The van der Waals surface area contributed by atoms with Crippen LogP contribution in [-0.2, 0) is 4.79 Å². The maximum atomic E-state index is 11.8. The van der Waals surface area contributed by atoms with E-state index in [-0.39, 0.29) is 5.91 Å². The van der Waals surface area contributed by atoms with E-state index in [4.69, 9.17) is 0 Å². The van der Waals surface area contributed by atoms with E-state index in [1.807, 2.05) is 4.90 Å². The zero-order chi connectivity index (χ0) is 9.10. The van der Waals surface area contributed by atoms with Crippen LogP contribution in [0.25, 0.3) is 0 Å². The van der Waals surface area contributed by atoms with Gasteiger partial charge in [-0.1, -0.05) is 0 Å². The molecule has 0 aromatic carbocycles. The summed E-state index contributed by atoms with van der Waals surface area (Å²) in [5.74, 6) is 0.223. The van der Waals surface area contributed by atoms with Crippen LogP contribution in [-0.4, -0.2) is 30.4 Å². The third-order valence-electron chi connectivity index (χ3n) is 2.68. The van der Waals surface area contributed by atoms with Crippen LogP contribution in [0.3, 0.4) is 0 Å². The Balaban J connectivity index is 1.94. The molecule has 0 saturated carbocycles. The van der Waals surface area contributed by atoms with Crippen molar-refractivity contribution in [1.29, 1.82) is 0 Å². The van der Waals surface area contributed by atoms with Crippen LogP contribution in [0.1, 0.15) is 25.7 Å². The van der Waals surface area contributed by atoms with E-state index < -0.39 is 0 Å². The van der Waals surface area contributed by atoms with Gasteiger partial charge in [0.1, 0.15) is 0 Å².